The van der Waals surface area contributed by atoms with Gasteiger partial charge in [-0.15, -0.1) is 0 Å². The number of nitrogens with two attached hydrogens (primary N) is 1. The first kappa shape index (κ1) is 14.5. The van der Waals surface area contributed by atoms with Gasteiger partial charge < -0.3 is 16.4 Å². The largest absolute Gasteiger partial charge is 0.366 e. The Labute approximate surface area is 118 Å². The summed E-state index contributed by atoms with van der Waals surface area (Å²) in [4.78, 5) is 25.5. The highest BCUT2D eigenvalue weighted by molar-refractivity contribution is 6.03. The van der Waals surface area contributed by atoms with Gasteiger partial charge in [0.2, 0.25) is 5.91 Å². The molecule has 0 spiro atoms. The molecule has 20 heavy (non-hydrogen) atoms. The van der Waals surface area contributed by atoms with E-state index in [0.29, 0.717) is 23.8 Å². The Balaban J connectivity index is 1.99. The summed E-state index contributed by atoms with van der Waals surface area (Å²) in [5.41, 5.74) is 6.08. The molecule has 6 nitrogen and oxygen atoms in total. The quantitative estimate of drug-likeness (QED) is 0.723. The second-order valence-electron chi connectivity index (χ2n) is 4.98. The summed E-state index contributed by atoms with van der Waals surface area (Å²) in [5, 5.41) is 6.03. The number of anilines is 1. The maximum atomic E-state index is 12.1. The lowest BCUT2D eigenvalue weighted by Crippen LogP contribution is -2.52. The predicted octanol–water partition coefficient (Wildman–Crippen LogP) is 0.0177. The third-order valence-electron chi connectivity index (χ3n) is 3.45. The monoisotopic (exact) mass is 276 g/mol. The van der Waals surface area contributed by atoms with Crippen LogP contribution in [0.2, 0.25) is 0 Å². The molecule has 1 heterocycles. The van der Waals surface area contributed by atoms with Crippen LogP contribution in [0.5, 0.6) is 0 Å². The summed E-state index contributed by atoms with van der Waals surface area (Å²) in [6, 6.07) is 7.08. The Morgan fingerprint density at radius 3 is 2.90 bits per heavy atom. The molecule has 0 aromatic heterocycles. The molecule has 0 aliphatic carbocycles. The van der Waals surface area contributed by atoms with Crippen LogP contribution in [0.15, 0.2) is 24.3 Å². The van der Waals surface area contributed by atoms with Crippen LogP contribution in [0.4, 0.5) is 5.69 Å². The van der Waals surface area contributed by atoms with Crippen LogP contribution in [0.3, 0.4) is 0 Å². The van der Waals surface area contributed by atoms with E-state index in [1.165, 1.54) is 0 Å². The van der Waals surface area contributed by atoms with Crippen LogP contribution in [-0.2, 0) is 4.79 Å². The number of rotatable bonds is 4. The first-order valence-electron chi connectivity index (χ1n) is 6.71. The molecular formula is C14H20N4O2. The third-order valence-corrected chi connectivity index (χ3v) is 3.45. The second kappa shape index (κ2) is 6.49. The molecule has 1 aromatic rings. The van der Waals surface area contributed by atoms with Crippen molar-refractivity contribution in [3.8, 4) is 0 Å². The highest BCUT2D eigenvalue weighted by Crippen LogP contribution is 2.14. The normalized spacial score (nSPS) is 19.6. The Hall–Kier alpha value is -1.92. The zero-order valence-corrected chi connectivity index (χ0v) is 11.6. The minimum atomic E-state index is -0.545. The van der Waals surface area contributed by atoms with Crippen molar-refractivity contribution in [2.45, 2.75) is 13.0 Å². The number of nitrogens with one attached hydrogen (secondary N) is 2. The van der Waals surface area contributed by atoms with Crippen LogP contribution in [-0.4, -0.2) is 48.9 Å². The molecule has 1 saturated heterocycles. The zero-order valence-electron chi connectivity index (χ0n) is 11.6. The maximum Gasteiger partial charge on any atom is 0.250 e. The lowest BCUT2D eigenvalue weighted by atomic mass is 10.1. The molecule has 1 aliphatic heterocycles. The molecule has 0 saturated carbocycles. The molecule has 0 bridgehead atoms. The second-order valence-corrected chi connectivity index (χ2v) is 4.98. The zero-order chi connectivity index (χ0) is 14.5. The van der Waals surface area contributed by atoms with E-state index in [9.17, 15) is 9.59 Å². The van der Waals surface area contributed by atoms with Crippen LogP contribution in [0.25, 0.3) is 0 Å². The summed E-state index contributed by atoms with van der Waals surface area (Å²) in [7, 11) is 0. The van der Waals surface area contributed by atoms with E-state index in [4.69, 9.17) is 5.73 Å². The minimum Gasteiger partial charge on any atom is -0.366 e. The highest BCUT2D eigenvalue weighted by atomic mass is 16.2. The van der Waals surface area contributed by atoms with Gasteiger partial charge in [0, 0.05) is 25.7 Å². The first-order valence-corrected chi connectivity index (χ1v) is 6.71. The van der Waals surface area contributed by atoms with Crippen molar-refractivity contribution in [2.75, 3.05) is 31.5 Å². The number of benzene rings is 1. The fourth-order valence-electron chi connectivity index (χ4n) is 2.30. The molecule has 1 fully saturated rings. The van der Waals surface area contributed by atoms with Gasteiger partial charge in [-0.1, -0.05) is 12.1 Å². The molecule has 4 N–H and O–H groups in total. The van der Waals surface area contributed by atoms with Crippen molar-refractivity contribution >= 4 is 17.5 Å². The smallest absolute Gasteiger partial charge is 0.250 e. The topological polar surface area (TPSA) is 87.5 Å². The van der Waals surface area contributed by atoms with E-state index in [-0.39, 0.29) is 5.91 Å². The summed E-state index contributed by atoms with van der Waals surface area (Å²) >= 11 is 0. The van der Waals surface area contributed by atoms with Gasteiger partial charge in [0.05, 0.1) is 17.8 Å². The van der Waals surface area contributed by atoms with E-state index in [0.717, 1.165) is 19.6 Å². The Morgan fingerprint density at radius 1 is 1.45 bits per heavy atom. The number of hydrogen-bond donors (Lipinski definition) is 3. The van der Waals surface area contributed by atoms with E-state index >= 15 is 0 Å². The molecule has 0 radical (unpaired) electrons. The van der Waals surface area contributed by atoms with Crippen LogP contribution < -0.4 is 16.4 Å². The van der Waals surface area contributed by atoms with Crippen molar-refractivity contribution in [3.63, 3.8) is 0 Å². The van der Waals surface area contributed by atoms with Crippen LogP contribution >= 0.6 is 0 Å². The van der Waals surface area contributed by atoms with Gasteiger partial charge in [0.15, 0.2) is 0 Å². The third kappa shape index (κ3) is 3.55. The van der Waals surface area contributed by atoms with Gasteiger partial charge >= 0.3 is 0 Å². The van der Waals surface area contributed by atoms with E-state index < -0.39 is 5.91 Å². The fourth-order valence-corrected chi connectivity index (χ4v) is 2.30. The molecule has 6 heteroatoms. The van der Waals surface area contributed by atoms with Gasteiger partial charge in [-0.25, -0.2) is 0 Å². The summed E-state index contributed by atoms with van der Waals surface area (Å²) in [6.45, 7) is 5.00. The maximum absolute atomic E-state index is 12.1. The van der Waals surface area contributed by atoms with Crippen LogP contribution in [0, 0.1) is 0 Å². The minimum absolute atomic E-state index is 0.132. The fraction of sp³-hybridized carbons (Fsp3) is 0.429. The van der Waals surface area contributed by atoms with E-state index in [2.05, 4.69) is 22.5 Å². The Morgan fingerprint density at radius 2 is 2.20 bits per heavy atom. The molecule has 108 valence electrons. The highest BCUT2D eigenvalue weighted by Gasteiger charge is 2.20. The molecule has 1 unspecified atom stereocenters. The van der Waals surface area contributed by atoms with Gasteiger partial charge in [-0.05, 0) is 19.1 Å². The number of piperazine rings is 1. The number of para-hydroxylation sites is 1. The average molecular weight is 276 g/mol. The average Bonchev–Trinajstić information content (AvgIpc) is 2.41. The van der Waals surface area contributed by atoms with Gasteiger partial charge in [-0.3, -0.25) is 14.5 Å². The SMILES string of the molecule is CC1CNCCN1CC(=O)Nc1ccccc1C(N)=O. The molecule has 1 atom stereocenters. The Kier molecular flexibility index (Phi) is 4.70. The van der Waals surface area contributed by atoms with E-state index in [1.54, 1.807) is 24.3 Å². The lowest BCUT2D eigenvalue weighted by Gasteiger charge is -2.33. The van der Waals surface area contributed by atoms with Gasteiger partial charge in [0.25, 0.3) is 5.91 Å². The van der Waals surface area contributed by atoms with Crippen molar-refractivity contribution < 1.29 is 9.59 Å². The number of carbonyl (C=O) groups is 2. The van der Waals surface area contributed by atoms with Gasteiger partial charge in [0.1, 0.15) is 0 Å². The molecule has 2 rings (SSSR count). The molecular weight excluding hydrogens is 256 g/mol. The standard InChI is InChI=1S/C14H20N4O2/c1-10-8-16-6-7-18(10)9-13(19)17-12-5-3-2-4-11(12)14(15)20/h2-5,10,16H,6-9H2,1H3,(H2,15,20)(H,17,19). The summed E-state index contributed by atoms with van der Waals surface area (Å²) in [6.07, 6.45) is 0. The van der Waals surface area contributed by atoms with Crippen molar-refractivity contribution in [3.05, 3.63) is 29.8 Å². The van der Waals surface area contributed by atoms with Crippen molar-refractivity contribution in [1.82, 2.24) is 10.2 Å². The van der Waals surface area contributed by atoms with E-state index in [1.807, 2.05) is 0 Å². The summed E-state index contributed by atoms with van der Waals surface area (Å²) < 4.78 is 0. The molecule has 2 amide bonds. The molecule has 1 aliphatic rings. The number of nitrogens with zero attached hydrogens (tertiary/aromatic N) is 1. The number of carbonyl (C=O) groups excluding carboxylic acids is 2. The van der Waals surface area contributed by atoms with Crippen molar-refractivity contribution in [1.29, 1.82) is 0 Å². The van der Waals surface area contributed by atoms with Crippen LogP contribution in [0.1, 0.15) is 17.3 Å². The predicted molar refractivity (Wildman–Crippen MR) is 77.5 cm³/mol. The number of amides is 2. The van der Waals surface area contributed by atoms with Gasteiger partial charge in [-0.2, -0.15) is 0 Å². The number of primary amides is 1. The van der Waals surface area contributed by atoms with Crippen molar-refractivity contribution in [2.24, 2.45) is 5.73 Å². The lowest BCUT2D eigenvalue weighted by molar-refractivity contribution is -0.118. The number of hydrogen-bond acceptors (Lipinski definition) is 4. The first-order chi connectivity index (χ1) is 9.58. The Bertz CT molecular complexity index is 504. The summed E-state index contributed by atoms with van der Waals surface area (Å²) in [5.74, 6) is -0.677. The molecule has 1 aromatic carbocycles.